The van der Waals surface area contributed by atoms with Gasteiger partial charge in [-0.1, -0.05) is 0 Å². The van der Waals surface area contributed by atoms with Crippen molar-refractivity contribution < 1.29 is 20.1 Å². The average Bonchev–Trinajstić information content (AvgIpc) is 3.58. The molecule has 0 aromatic carbocycles. The number of ether oxygens (including phenoxy) is 1. The molecule has 4 atom stereocenters. The molecule has 0 spiro atoms. The maximum atomic E-state index is 10.7. The van der Waals surface area contributed by atoms with Crippen molar-refractivity contribution in [3.05, 3.63) is 23.7 Å². The van der Waals surface area contributed by atoms with E-state index in [2.05, 4.69) is 15.6 Å². The Morgan fingerprint density at radius 1 is 1.11 bits per heavy atom. The fourth-order valence-electron chi connectivity index (χ4n) is 5.72. The van der Waals surface area contributed by atoms with Crippen LogP contribution >= 0.6 is 11.3 Å². The van der Waals surface area contributed by atoms with E-state index in [-0.39, 0.29) is 6.61 Å². The third-order valence-electron chi connectivity index (χ3n) is 8.11. The largest absolute Gasteiger partial charge is 0.396 e. The highest BCUT2D eigenvalue weighted by Crippen LogP contribution is 2.44. The zero-order chi connectivity index (χ0) is 26.4. The molecule has 3 saturated carbocycles. The zero-order valence-electron chi connectivity index (χ0n) is 21.8. The molecule has 0 saturated heterocycles. The van der Waals surface area contributed by atoms with Crippen LogP contribution in [0.5, 0.6) is 0 Å². The zero-order valence-corrected chi connectivity index (χ0v) is 22.6. The van der Waals surface area contributed by atoms with Crippen LogP contribution in [0.4, 0.5) is 11.8 Å². The molecule has 0 bridgehead atoms. The number of aliphatic hydroxyl groups is 3. The first kappa shape index (κ1) is 25.8. The van der Waals surface area contributed by atoms with E-state index >= 15 is 0 Å². The van der Waals surface area contributed by atoms with E-state index in [1.165, 1.54) is 0 Å². The number of hydrogen-bond donors (Lipinski definition) is 5. The Hall–Kier alpha value is -2.44. The summed E-state index contributed by atoms with van der Waals surface area (Å²) in [5, 5.41) is 38.3. The molecule has 0 amide bonds. The second-order valence-electron chi connectivity index (χ2n) is 10.9. The van der Waals surface area contributed by atoms with Gasteiger partial charge in [0, 0.05) is 37.8 Å². The Bertz CT molecular complexity index is 1290. The van der Waals surface area contributed by atoms with E-state index in [1.807, 2.05) is 26.1 Å². The van der Waals surface area contributed by atoms with Crippen molar-refractivity contribution in [2.75, 3.05) is 30.4 Å². The molecular formula is C27H36N6O4S. The second-order valence-corrected chi connectivity index (χ2v) is 11.9. The number of aromatic nitrogens is 4. The predicted octanol–water partition coefficient (Wildman–Crippen LogP) is 3.08. The van der Waals surface area contributed by atoms with Crippen molar-refractivity contribution in [3.63, 3.8) is 0 Å². The fraction of sp³-hybridized carbons (Fsp3) is 0.630. The number of fused-ring (bicyclic) bond motifs is 1. The number of rotatable bonds is 10. The Kier molecular flexibility index (Phi) is 7.21. The lowest BCUT2D eigenvalue weighted by atomic mass is 9.82. The van der Waals surface area contributed by atoms with Crippen molar-refractivity contribution in [2.24, 2.45) is 11.8 Å². The fourth-order valence-corrected chi connectivity index (χ4v) is 6.79. The smallest absolute Gasteiger partial charge is 0.224 e. The van der Waals surface area contributed by atoms with Crippen molar-refractivity contribution in [3.8, 4) is 10.6 Å². The van der Waals surface area contributed by atoms with Gasteiger partial charge in [0.1, 0.15) is 22.4 Å². The van der Waals surface area contributed by atoms with Gasteiger partial charge in [0.15, 0.2) is 0 Å². The molecule has 0 aliphatic heterocycles. The summed E-state index contributed by atoms with van der Waals surface area (Å²) >= 11 is 1.59. The quantitative estimate of drug-likeness (QED) is 0.260. The van der Waals surface area contributed by atoms with Crippen LogP contribution in [0.1, 0.15) is 56.3 Å². The van der Waals surface area contributed by atoms with Crippen LogP contribution in [0.2, 0.25) is 0 Å². The summed E-state index contributed by atoms with van der Waals surface area (Å²) in [5.74, 6) is 1.69. The minimum Gasteiger partial charge on any atom is -0.396 e. The maximum absolute atomic E-state index is 10.7. The number of nitrogens with zero attached hydrogens (tertiary/aromatic N) is 4. The van der Waals surface area contributed by atoms with Crippen LogP contribution in [0, 0.1) is 18.8 Å². The van der Waals surface area contributed by atoms with Gasteiger partial charge in [0.05, 0.1) is 39.9 Å². The summed E-state index contributed by atoms with van der Waals surface area (Å²) in [5.41, 5.74) is 3.56. The molecule has 3 aromatic heterocycles. The first-order valence-corrected chi connectivity index (χ1v) is 14.5. The van der Waals surface area contributed by atoms with Crippen LogP contribution in [-0.2, 0) is 4.74 Å². The minimum atomic E-state index is -1.02. The van der Waals surface area contributed by atoms with E-state index < -0.39 is 24.2 Å². The van der Waals surface area contributed by atoms with Crippen molar-refractivity contribution in [1.82, 2.24) is 19.9 Å². The number of nitrogens with one attached hydrogen (secondary N) is 2. The van der Waals surface area contributed by atoms with E-state index in [4.69, 9.17) is 19.7 Å². The lowest BCUT2D eigenvalue weighted by Gasteiger charge is -2.35. The predicted molar refractivity (Wildman–Crippen MR) is 146 cm³/mol. The van der Waals surface area contributed by atoms with Gasteiger partial charge < -0.3 is 30.7 Å². The SMILES string of the molecule is CCO[C@H]1C[C@H](CNc2nc(C)c(-c3nc4c(C5CC5)nccc4s3)c(N[C@@H]3C[C@H](CO)[C@@H](O)[C@H]3O)n2)C1. The molecule has 3 heterocycles. The third-order valence-corrected chi connectivity index (χ3v) is 9.14. The molecule has 3 aliphatic rings. The topological polar surface area (TPSA) is 146 Å². The van der Waals surface area contributed by atoms with Gasteiger partial charge in [0.2, 0.25) is 5.95 Å². The average molecular weight is 541 g/mol. The normalized spacial score (nSPS) is 29.0. The van der Waals surface area contributed by atoms with Gasteiger partial charge in [-0.15, -0.1) is 11.3 Å². The molecule has 3 fully saturated rings. The van der Waals surface area contributed by atoms with E-state index in [0.29, 0.717) is 36.1 Å². The molecule has 10 nitrogen and oxygen atoms in total. The number of hydrogen-bond acceptors (Lipinski definition) is 11. The summed E-state index contributed by atoms with van der Waals surface area (Å²) in [6.45, 7) is 5.29. The van der Waals surface area contributed by atoms with E-state index in [0.717, 1.165) is 71.0 Å². The highest BCUT2D eigenvalue weighted by atomic mass is 32.1. The number of thiazole rings is 1. The molecule has 3 aliphatic carbocycles. The van der Waals surface area contributed by atoms with Gasteiger partial charge in [-0.2, -0.15) is 4.98 Å². The summed E-state index contributed by atoms with van der Waals surface area (Å²) in [6.07, 6.45) is 4.98. The lowest BCUT2D eigenvalue weighted by molar-refractivity contribution is -0.0205. The van der Waals surface area contributed by atoms with Crippen LogP contribution in [0.25, 0.3) is 20.8 Å². The standard InChI is InChI=1S/C27H36N6O4S/c1-3-37-17-8-14(9-17)11-29-27-30-13(2)20(25(33-27)31-18-10-16(12-34)23(35)24(18)36)26-32-22-19(38-26)6-7-28-21(22)15-4-5-15/h6-7,14-18,23-24,34-36H,3-5,8-12H2,1-2H3,(H2,29,30,31,33)/t14-,16-,17-,18-,23-,24+/m1/s1. The maximum Gasteiger partial charge on any atom is 0.224 e. The third kappa shape index (κ3) is 4.98. The van der Waals surface area contributed by atoms with Gasteiger partial charge in [-0.25, -0.2) is 9.97 Å². The number of pyridine rings is 1. The van der Waals surface area contributed by atoms with Crippen molar-refractivity contribution >= 4 is 33.3 Å². The van der Waals surface area contributed by atoms with Crippen molar-refractivity contribution in [1.29, 1.82) is 0 Å². The van der Waals surface area contributed by atoms with Gasteiger partial charge in [-0.05, 0) is 57.9 Å². The first-order valence-electron chi connectivity index (χ1n) is 13.7. The number of aliphatic hydroxyl groups excluding tert-OH is 3. The molecular weight excluding hydrogens is 504 g/mol. The summed E-state index contributed by atoms with van der Waals surface area (Å²) < 4.78 is 6.76. The molecule has 204 valence electrons. The molecule has 0 unspecified atom stereocenters. The minimum absolute atomic E-state index is 0.183. The number of anilines is 2. The van der Waals surface area contributed by atoms with E-state index in [1.54, 1.807) is 11.3 Å². The Morgan fingerprint density at radius 2 is 1.92 bits per heavy atom. The van der Waals surface area contributed by atoms with E-state index in [9.17, 15) is 15.3 Å². The van der Waals surface area contributed by atoms with Crippen LogP contribution in [-0.4, -0.2) is 79.4 Å². The molecule has 5 N–H and O–H groups in total. The monoisotopic (exact) mass is 540 g/mol. The van der Waals surface area contributed by atoms with Crippen LogP contribution in [0.15, 0.2) is 12.3 Å². The molecule has 6 rings (SSSR count). The first-order chi connectivity index (χ1) is 18.4. The Labute approximate surface area is 225 Å². The highest BCUT2D eigenvalue weighted by Gasteiger charge is 2.42. The van der Waals surface area contributed by atoms with Crippen molar-refractivity contribution in [2.45, 2.75) is 76.2 Å². The van der Waals surface area contributed by atoms with Gasteiger partial charge in [0.25, 0.3) is 0 Å². The second kappa shape index (κ2) is 10.6. The van der Waals surface area contributed by atoms with Crippen LogP contribution in [0.3, 0.4) is 0 Å². The number of aryl methyl sites for hydroxylation is 1. The van der Waals surface area contributed by atoms with Gasteiger partial charge >= 0.3 is 0 Å². The summed E-state index contributed by atoms with van der Waals surface area (Å²) in [4.78, 5) is 19.2. The lowest BCUT2D eigenvalue weighted by Crippen LogP contribution is -2.36. The molecule has 0 radical (unpaired) electrons. The van der Waals surface area contributed by atoms with Crippen LogP contribution < -0.4 is 10.6 Å². The molecule has 11 heteroatoms. The highest BCUT2D eigenvalue weighted by molar-refractivity contribution is 7.21. The van der Waals surface area contributed by atoms with Gasteiger partial charge in [-0.3, -0.25) is 4.98 Å². The summed E-state index contributed by atoms with van der Waals surface area (Å²) in [6, 6.07) is 1.54. The molecule has 3 aromatic rings. The Balaban J connectivity index is 1.31. The Morgan fingerprint density at radius 3 is 2.63 bits per heavy atom. The molecule has 38 heavy (non-hydrogen) atoms. The summed E-state index contributed by atoms with van der Waals surface area (Å²) in [7, 11) is 0.